The van der Waals surface area contributed by atoms with E-state index in [9.17, 15) is 4.79 Å². The first-order chi connectivity index (χ1) is 11.1. The van der Waals surface area contributed by atoms with Gasteiger partial charge in [0.2, 0.25) is 0 Å². The molecule has 0 saturated heterocycles. The number of aromatic nitrogens is 1. The average Bonchev–Trinajstić information content (AvgIpc) is 2.98. The molecule has 1 amide bonds. The Hall–Kier alpha value is -1.92. The average molecular weight is 334 g/mol. The molecule has 0 aliphatic carbocycles. The van der Waals surface area contributed by atoms with Gasteiger partial charge in [-0.1, -0.05) is 6.07 Å². The molecule has 6 heteroatoms. The maximum absolute atomic E-state index is 12.3. The van der Waals surface area contributed by atoms with Gasteiger partial charge in [-0.05, 0) is 39.0 Å². The van der Waals surface area contributed by atoms with Gasteiger partial charge in [-0.3, -0.25) is 4.79 Å². The fraction of sp³-hybridized carbons (Fsp3) is 0.412. The summed E-state index contributed by atoms with van der Waals surface area (Å²) in [6.45, 7) is 7.48. The monoisotopic (exact) mass is 334 g/mol. The van der Waals surface area contributed by atoms with Gasteiger partial charge in [0.05, 0.1) is 12.6 Å². The van der Waals surface area contributed by atoms with Gasteiger partial charge in [-0.15, -0.1) is 11.3 Å². The van der Waals surface area contributed by atoms with Gasteiger partial charge in [0.15, 0.2) is 0 Å². The SMILES string of the molecule is CCOCCOc1cccc(C(=O)NC(C)c2nc(C)cs2)c1. The molecule has 1 aromatic heterocycles. The van der Waals surface area contributed by atoms with Crippen molar-refractivity contribution < 1.29 is 14.3 Å². The number of amides is 1. The number of rotatable bonds is 8. The van der Waals surface area contributed by atoms with Crippen LogP contribution in [0.1, 0.15) is 40.9 Å². The zero-order chi connectivity index (χ0) is 16.7. The molecule has 0 fully saturated rings. The maximum atomic E-state index is 12.3. The molecule has 0 saturated carbocycles. The van der Waals surface area contributed by atoms with Gasteiger partial charge in [0.25, 0.3) is 5.91 Å². The van der Waals surface area contributed by atoms with Gasteiger partial charge < -0.3 is 14.8 Å². The van der Waals surface area contributed by atoms with Gasteiger partial charge in [-0.25, -0.2) is 4.98 Å². The molecule has 124 valence electrons. The maximum Gasteiger partial charge on any atom is 0.251 e. The highest BCUT2D eigenvalue weighted by molar-refractivity contribution is 7.09. The second-order valence-corrected chi connectivity index (χ2v) is 5.99. The quantitative estimate of drug-likeness (QED) is 0.752. The van der Waals surface area contributed by atoms with E-state index in [1.54, 1.807) is 23.5 Å². The Labute approximate surface area is 140 Å². The molecule has 23 heavy (non-hydrogen) atoms. The minimum Gasteiger partial charge on any atom is -0.491 e. The highest BCUT2D eigenvalue weighted by Crippen LogP contribution is 2.19. The number of hydrogen-bond acceptors (Lipinski definition) is 5. The summed E-state index contributed by atoms with van der Waals surface area (Å²) in [5, 5.41) is 5.84. The highest BCUT2D eigenvalue weighted by atomic mass is 32.1. The number of thiazole rings is 1. The third-order valence-corrected chi connectivity index (χ3v) is 4.30. The van der Waals surface area contributed by atoms with Crippen molar-refractivity contribution >= 4 is 17.2 Å². The van der Waals surface area contributed by atoms with Crippen LogP contribution >= 0.6 is 11.3 Å². The molecule has 1 heterocycles. The predicted octanol–water partition coefficient (Wildman–Crippen LogP) is 3.36. The number of nitrogens with one attached hydrogen (secondary N) is 1. The van der Waals surface area contributed by atoms with Crippen molar-refractivity contribution in [1.82, 2.24) is 10.3 Å². The zero-order valence-corrected chi connectivity index (χ0v) is 14.5. The van der Waals surface area contributed by atoms with E-state index >= 15 is 0 Å². The van der Waals surface area contributed by atoms with E-state index in [1.165, 1.54) is 0 Å². The minimum absolute atomic E-state index is 0.122. The lowest BCUT2D eigenvalue weighted by atomic mass is 10.2. The molecule has 5 nitrogen and oxygen atoms in total. The molecule has 0 radical (unpaired) electrons. The van der Waals surface area contributed by atoms with E-state index in [0.717, 1.165) is 10.7 Å². The summed E-state index contributed by atoms with van der Waals surface area (Å²) < 4.78 is 10.8. The topological polar surface area (TPSA) is 60.5 Å². The summed E-state index contributed by atoms with van der Waals surface area (Å²) in [4.78, 5) is 16.7. The third-order valence-electron chi connectivity index (χ3n) is 3.15. The summed E-state index contributed by atoms with van der Waals surface area (Å²) in [5.41, 5.74) is 1.54. The van der Waals surface area contributed by atoms with Gasteiger partial charge >= 0.3 is 0 Å². The highest BCUT2D eigenvalue weighted by Gasteiger charge is 2.14. The second kappa shape index (κ2) is 8.64. The fourth-order valence-electron chi connectivity index (χ4n) is 2.00. The van der Waals surface area contributed by atoms with Crippen molar-refractivity contribution in [2.45, 2.75) is 26.8 Å². The Balaban J connectivity index is 1.93. The lowest BCUT2D eigenvalue weighted by molar-refractivity contribution is 0.0938. The lowest BCUT2D eigenvalue weighted by Crippen LogP contribution is -2.26. The van der Waals surface area contributed by atoms with Crippen molar-refractivity contribution in [3.05, 3.63) is 45.9 Å². The van der Waals surface area contributed by atoms with E-state index < -0.39 is 0 Å². The number of aryl methyl sites for hydroxylation is 1. The van der Waals surface area contributed by atoms with Crippen LogP contribution in [0.25, 0.3) is 0 Å². The minimum atomic E-state index is -0.138. The summed E-state index contributed by atoms with van der Waals surface area (Å²) in [6, 6.07) is 7.02. The molecule has 1 N–H and O–H groups in total. The largest absolute Gasteiger partial charge is 0.491 e. The Morgan fingerprint density at radius 3 is 2.91 bits per heavy atom. The Morgan fingerprint density at radius 1 is 1.39 bits per heavy atom. The van der Waals surface area contributed by atoms with E-state index in [2.05, 4.69) is 10.3 Å². The smallest absolute Gasteiger partial charge is 0.251 e. The van der Waals surface area contributed by atoms with Crippen LogP contribution in [0.4, 0.5) is 0 Å². The number of carbonyl (C=O) groups excluding carboxylic acids is 1. The lowest BCUT2D eigenvalue weighted by Gasteiger charge is -2.12. The Bertz CT molecular complexity index is 642. The van der Waals surface area contributed by atoms with Gasteiger partial charge in [-0.2, -0.15) is 0 Å². The van der Waals surface area contributed by atoms with Crippen LogP contribution in [0.15, 0.2) is 29.6 Å². The van der Waals surface area contributed by atoms with E-state index in [-0.39, 0.29) is 11.9 Å². The van der Waals surface area contributed by atoms with Crippen molar-refractivity contribution in [2.24, 2.45) is 0 Å². The van der Waals surface area contributed by atoms with Crippen molar-refractivity contribution in [1.29, 1.82) is 0 Å². The predicted molar refractivity (Wildman–Crippen MR) is 91.2 cm³/mol. The van der Waals surface area contributed by atoms with E-state index in [1.807, 2.05) is 38.3 Å². The zero-order valence-electron chi connectivity index (χ0n) is 13.7. The van der Waals surface area contributed by atoms with Crippen LogP contribution < -0.4 is 10.1 Å². The van der Waals surface area contributed by atoms with Gasteiger partial charge in [0.1, 0.15) is 17.4 Å². The molecular formula is C17H22N2O3S. The third kappa shape index (κ3) is 5.33. The fourth-order valence-corrected chi connectivity index (χ4v) is 2.81. The normalized spacial score (nSPS) is 12.0. The summed E-state index contributed by atoms with van der Waals surface area (Å²) in [5.74, 6) is 0.524. The number of ether oxygens (including phenoxy) is 2. The van der Waals surface area contributed by atoms with E-state index in [0.29, 0.717) is 31.1 Å². The molecule has 0 aliphatic rings. The first-order valence-corrected chi connectivity index (χ1v) is 8.51. The Morgan fingerprint density at radius 2 is 2.22 bits per heavy atom. The molecule has 0 bridgehead atoms. The number of benzene rings is 1. The summed E-state index contributed by atoms with van der Waals surface area (Å²) in [7, 11) is 0. The van der Waals surface area contributed by atoms with Crippen LogP contribution in [0.3, 0.4) is 0 Å². The van der Waals surface area contributed by atoms with Crippen LogP contribution in [-0.4, -0.2) is 30.7 Å². The van der Waals surface area contributed by atoms with Crippen LogP contribution in [0, 0.1) is 6.92 Å². The number of nitrogens with zero attached hydrogens (tertiary/aromatic N) is 1. The molecule has 0 spiro atoms. The standard InChI is InChI=1S/C17H22N2O3S/c1-4-21-8-9-22-15-7-5-6-14(10-15)16(20)19-13(3)17-18-12(2)11-23-17/h5-7,10-11,13H,4,8-9H2,1-3H3,(H,19,20). The number of hydrogen-bond donors (Lipinski definition) is 1. The summed E-state index contributed by atoms with van der Waals surface area (Å²) in [6.07, 6.45) is 0. The molecule has 1 atom stereocenters. The molecule has 2 rings (SSSR count). The molecule has 0 aliphatic heterocycles. The van der Waals surface area contributed by atoms with Gasteiger partial charge in [0, 0.05) is 23.2 Å². The molecule has 2 aromatic rings. The van der Waals surface area contributed by atoms with Crippen molar-refractivity contribution in [2.75, 3.05) is 19.8 Å². The Kier molecular flexibility index (Phi) is 6.55. The second-order valence-electron chi connectivity index (χ2n) is 5.10. The first-order valence-electron chi connectivity index (χ1n) is 7.63. The molecule has 1 aromatic carbocycles. The van der Waals surface area contributed by atoms with Crippen LogP contribution in [-0.2, 0) is 4.74 Å². The number of carbonyl (C=O) groups is 1. The van der Waals surface area contributed by atoms with Crippen LogP contribution in [0.5, 0.6) is 5.75 Å². The van der Waals surface area contributed by atoms with Crippen molar-refractivity contribution in [3.63, 3.8) is 0 Å². The first kappa shape index (κ1) is 17.4. The summed E-state index contributed by atoms with van der Waals surface area (Å²) >= 11 is 1.55. The van der Waals surface area contributed by atoms with Crippen molar-refractivity contribution in [3.8, 4) is 5.75 Å². The molecular weight excluding hydrogens is 312 g/mol. The molecule has 1 unspecified atom stereocenters. The van der Waals surface area contributed by atoms with E-state index in [4.69, 9.17) is 9.47 Å². The van der Waals surface area contributed by atoms with Crippen LogP contribution in [0.2, 0.25) is 0 Å².